The van der Waals surface area contributed by atoms with Gasteiger partial charge in [0.15, 0.2) is 0 Å². The van der Waals surface area contributed by atoms with Crippen LogP contribution in [0, 0.1) is 5.92 Å². The van der Waals surface area contributed by atoms with Crippen molar-refractivity contribution in [1.82, 2.24) is 14.8 Å². The molecule has 152 valence electrons. The third-order valence-electron chi connectivity index (χ3n) is 5.71. The molecular weight excluding hydrogens is 388 g/mol. The molecule has 0 radical (unpaired) electrons. The Balaban J connectivity index is 1.34. The van der Waals surface area contributed by atoms with E-state index in [0.29, 0.717) is 36.8 Å². The Hall–Kier alpha value is -2.60. The zero-order valence-electron chi connectivity index (χ0n) is 16.3. The lowest BCUT2D eigenvalue weighted by molar-refractivity contribution is -0.137. The maximum Gasteiger partial charge on any atom is 0.253 e. The highest BCUT2D eigenvalue weighted by molar-refractivity contribution is 6.30. The molecular formula is C22H25ClN4O2. The molecule has 4 rings (SSSR count). The van der Waals surface area contributed by atoms with Gasteiger partial charge in [0, 0.05) is 56.1 Å². The summed E-state index contributed by atoms with van der Waals surface area (Å²) in [6.45, 7) is 4.12. The summed E-state index contributed by atoms with van der Waals surface area (Å²) in [5.41, 5.74) is 0.617. The fraction of sp³-hybridized carbons (Fsp3) is 0.409. The molecule has 29 heavy (non-hydrogen) atoms. The number of nitrogens with zero attached hydrogens (tertiary/aromatic N) is 4. The van der Waals surface area contributed by atoms with Gasteiger partial charge in [-0.15, -0.1) is 0 Å². The Bertz CT molecular complexity index is 851. The van der Waals surface area contributed by atoms with E-state index in [1.54, 1.807) is 35.4 Å². The smallest absolute Gasteiger partial charge is 0.253 e. The fourth-order valence-corrected chi connectivity index (χ4v) is 4.22. The molecule has 2 fully saturated rings. The Kier molecular flexibility index (Phi) is 6.00. The largest absolute Gasteiger partial charge is 0.353 e. The Labute approximate surface area is 176 Å². The molecule has 2 aliphatic heterocycles. The maximum atomic E-state index is 13.1. The second kappa shape index (κ2) is 8.82. The predicted octanol–water partition coefficient (Wildman–Crippen LogP) is 2.94. The normalized spacial score (nSPS) is 19.9. The molecule has 2 amide bonds. The summed E-state index contributed by atoms with van der Waals surface area (Å²) in [5, 5.41) is 0.609. The van der Waals surface area contributed by atoms with Crippen molar-refractivity contribution in [2.45, 2.75) is 12.8 Å². The number of hydrogen-bond donors (Lipinski definition) is 0. The molecule has 2 aliphatic rings. The number of halogens is 1. The van der Waals surface area contributed by atoms with Gasteiger partial charge in [-0.3, -0.25) is 9.59 Å². The molecule has 3 heterocycles. The summed E-state index contributed by atoms with van der Waals surface area (Å²) in [6, 6.07) is 12.8. The molecule has 0 saturated carbocycles. The average Bonchev–Trinajstić information content (AvgIpc) is 2.79. The highest BCUT2D eigenvalue weighted by Crippen LogP contribution is 2.23. The van der Waals surface area contributed by atoms with E-state index in [4.69, 9.17) is 11.6 Å². The number of carbonyl (C=O) groups is 2. The summed E-state index contributed by atoms with van der Waals surface area (Å²) >= 11 is 5.92. The van der Waals surface area contributed by atoms with Gasteiger partial charge in [-0.25, -0.2) is 4.98 Å². The topological polar surface area (TPSA) is 56.8 Å². The molecule has 0 spiro atoms. The SMILES string of the molecule is O=C(c1ccc(Cl)cc1)N1CCC[C@H](C(=O)N2CCN(c3ccccn3)CC2)C1. The molecule has 0 aliphatic carbocycles. The Morgan fingerprint density at radius 2 is 1.69 bits per heavy atom. The Morgan fingerprint density at radius 1 is 0.931 bits per heavy atom. The second-order valence-electron chi connectivity index (χ2n) is 7.60. The molecule has 1 aromatic carbocycles. The van der Waals surface area contributed by atoms with Crippen molar-refractivity contribution >= 4 is 29.2 Å². The first kappa shape index (κ1) is 19.7. The first-order valence-corrected chi connectivity index (χ1v) is 10.5. The number of likely N-dealkylation sites (tertiary alicyclic amines) is 1. The lowest BCUT2D eigenvalue weighted by atomic mass is 9.95. The van der Waals surface area contributed by atoms with Crippen molar-refractivity contribution in [3.8, 4) is 0 Å². The van der Waals surface area contributed by atoms with Crippen LogP contribution in [0.2, 0.25) is 5.02 Å². The molecule has 2 saturated heterocycles. The lowest BCUT2D eigenvalue weighted by Gasteiger charge is -2.39. The number of hydrogen-bond acceptors (Lipinski definition) is 4. The summed E-state index contributed by atoms with van der Waals surface area (Å²) in [4.78, 5) is 36.2. The minimum Gasteiger partial charge on any atom is -0.353 e. The third-order valence-corrected chi connectivity index (χ3v) is 5.97. The molecule has 1 aromatic heterocycles. The molecule has 7 heteroatoms. The van der Waals surface area contributed by atoms with Crippen molar-refractivity contribution in [3.05, 3.63) is 59.2 Å². The van der Waals surface area contributed by atoms with E-state index in [2.05, 4.69) is 9.88 Å². The number of benzene rings is 1. The zero-order valence-corrected chi connectivity index (χ0v) is 17.1. The van der Waals surface area contributed by atoms with Crippen LogP contribution >= 0.6 is 11.6 Å². The fourth-order valence-electron chi connectivity index (χ4n) is 4.09. The van der Waals surface area contributed by atoms with Crippen molar-refractivity contribution in [3.63, 3.8) is 0 Å². The molecule has 2 aromatic rings. The number of amides is 2. The summed E-state index contributed by atoms with van der Waals surface area (Å²) in [6.07, 6.45) is 3.48. The van der Waals surface area contributed by atoms with Gasteiger partial charge < -0.3 is 14.7 Å². The van der Waals surface area contributed by atoms with Crippen molar-refractivity contribution in [2.75, 3.05) is 44.2 Å². The van der Waals surface area contributed by atoms with Gasteiger partial charge >= 0.3 is 0 Å². The second-order valence-corrected chi connectivity index (χ2v) is 8.03. The van der Waals surface area contributed by atoms with E-state index in [1.807, 2.05) is 23.1 Å². The number of aromatic nitrogens is 1. The number of pyridine rings is 1. The summed E-state index contributed by atoms with van der Waals surface area (Å²) in [5.74, 6) is 0.969. The number of anilines is 1. The van der Waals surface area contributed by atoms with Crippen LogP contribution in [0.5, 0.6) is 0 Å². The van der Waals surface area contributed by atoms with E-state index in [0.717, 1.165) is 31.7 Å². The quantitative estimate of drug-likeness (QED) is 0.777. The van der Waals surface area contributed by atoms with E-state index >= 15 is 0 Å². The zero-order chi connectivity index (χ0) is 20.2. The van der Waals surface area contributed by atoms with Gasteiger partial charge in [-0.05, 0) is 49.2 Å². The monoisotopic (exact) mass is 412 g/mol. The number of carbonyl (C=O) groups excluding carboxylic acids is 2. The van der Waals surface area contributed by atoms with Crippen LogP contribution in [0.25, 0.3) is 0 Å². The van der Waals surface area contributed by atoms with Crippen LogP contribution in [0.1, 0.15) is 23.2 Å². The van der Waals surface area contributed by atoms with Crippen LogP contribution in [0.4, 0.5) is 5.82 Å². The highest BCUT2D eigenvalue weighted by atomic mass is 35.5. The van der Waals surface area contributed by atoms with Gasteiger partial charge in [-0.1, -0.05) is 17.7 Å². The number of piperazine rings is 1. The van der Waals surface area contributed by atoms with Crippen molar-refractivity contribution in [2.24, 2.45) is 5.92 Å². The van der Waals surface area contributed by atoms with Crippen LogP contribution in [-0.2, 0) is 4.79 Å². The lowest BCUT2D eigenvalue weighted by Crippen LogP contribution is -2.53. The standard InChI is InChI=1S/C22H25ClN4O2/c23-19-8-6-17(7-9-19)21(28)27-11-3-4-18(16-27)22(29)26-14-12-25(13-15-26)20-5-1-2-10-24-20/h1-2,5-10,18H,3-4,11-16H2/t18-/m0/s1. The van der Waals surface area contributed by atoms with Gasteiger partial charge in [0.25, 0.3) is 5.91 Å². The number of piperidine rings is 1. The molecule has 0 unspecified atom stereocenters. The van der Waals surface area contributed by atoms with Crippen LogP contribution in [0.3, 0.4) is 0 Å². The van der Waals surface area contributed by atoms with E-state index < -0.39 is 0 Å². The van der Waals surface area contributed by atoms with Gasteiger partial charge in [0.1, 0.15) is 5.82 Å². The van der Waals surface area contributed by atoms with Crippen LogP contribution in [0.15, 0.2) is 48.7 Å². The first-order valence-electron chi connectivity index (χ1n) is 10.1. The molecule has 1 atom stereocenters. The van der Waals surface area contributed by atoms with E-state index in [-0.39, 0.29) is 17.7 Å². The van der Waals surface area contributed by atoms with Crippen molar-refractivity contribution in [1.29, 1.82) is 0 Å². The van der Waals surface area contributed by atoms with Crippen molar-refractivity contribution < 1.29 is 9.59 Å². The van der Waals surface area contributed by atoms with Gasteiger partial charge in [-0.2, -0.15) is 0 Å². The predicted molar refractivity (Wildman–Crippen MR) is 113 cm³/mol. The number of rotatable bonds is 3. The maximum absolute atomic E-state index is 13.1. The molecule has 0 bridgehead atoms. The average molecular weight is 413 g/mol. The van der Waals surface area contributed by atoms with Gasteiger partial charge in [0.05, 0.1) is 5.92 Å². The molecule has 6 nitrogen and oxygen atoms in total. The third kappa shape index (κ3) is 4.53. The van der Waals surface area contributed by atoms with Crippen LogP contribution < -0.4 is 4.90 Å². The van der Waals surface area contributed by atoms with E-state index in [1.165, 1.54) is 0 Å². The highest BCUT2D eigenvalue weighted by Gasteiger charge is 2.33. The summed E-state index contributed by atoms with van der Waals surface area (Å²) < 4.78 is 0. The Morgan fingerprint density at radius 3 is 2.38 bits per heavy atom. The first-order chi connectivity index (χ1) is 14.1. The van der Waals surface area contributed by atoms with Crippen LogP contribution in [-0.4, -0.2) is 65.9 Å². The molecule has 0 N–H and O–H groups in total. The minimum atomic E-state index is -0.124. The summed E-state index contributed by atoms with van der Waals surface area (Å²) in [7, 11) is 0. The van der Waals surface area contributed by atoms with Gasteiger partial charge in [0.2, 0.25) is 5.91 Å². The minimum absolute atomic E-state index is 0.0286. The van der Waals surface area contributed by atoms with E-state index in [9.17, 15) is 9.59 Å².